The number of methoxy groups -OCH3 is 1. The van der Waals surface area contributed by atoms with Crippen molar-refractivity contribution in [3.8, 4) is 11.5 Å². The van der Waals surface area contributed by atoms with E-state index in [-0.39, 0.29) is 36.7 Å². The average Bonchev–Trinajstić information content (AvgIpc) is 3.20. The average molecular weight is 376 g/mol. The normalized spacial score (nSPS) is 16.2. The molecule has 0 aromatic heterocycles. The van der Waals surface area contributed by atoms with Crippen LogP contribution in [0.15, 0.2) is 36.4 Å². The molecule has 7 heteroatoms. The predicted octanol–water partition coefficient (Wildman–Crippen LogP) is 2.92. The first-order valence-electron chi connectivity index (χ1n) is 8.81. The van der Waals surface area contributed by atoms with Crippen LogP contribution in [0.25, 0.3) is 0 Å². The van der Waals surface area contributed by atoms with E-state index >= 15 is 0 Å². The number of hydrogen-bond acceptors (Lipinski definition) is 4. The molecule has 2 N–H and O–H groups in total. The lowest BCUT2D eigenvalue weighted by molar-refractivity contribution is -0.122. The summed E-state index contributed by atoms with van der Waals surface area (Å²) in [6.45, 7) is 1.01. The van der Waals surface area contributed by atoms with Gasteiger partial charge < -0.3 is 20.1 Å². The Morgan fingerprint density at radius 2 is 2.11 bits per heavy atom. The van der Waals surface area contributed by atoms with E-state index in [2.05, 4.69) is 10.6 Å². The third-order valence-corrected chi connectivity index (χ3v) is 4.45. The first-order chi connectivity index (χ1) is 13.1. The van der Waals surface area contributed by atoms with E-state index in [1.54, 1.807) is 12.1 Å². The van der Waals surface area contributed by atoms with Gasteiger partial charge in [0.25, 0.3) is 0 Å². The quantitative estimate of drug-likeness (QED) is 0.780. The van der Waals surface area contributed by atoms with Crippen molar-refractivity contribution in [1.29, 1.82) is 0 Å². The summed E-state index contributed by atoms with van der Waals surface area (Å²) in [6.07, 6.45) is 1.76. The summed E-state index contributed by atoms with van der Waals surface area (Å²) in [4.78, 5) is 12.1. The summed E-state index contributed by atoms with van der Waals surface area (Å²) in [7, 11) is 1.47. The summed E-state index contributed by atoms with van der Waals surface area (Å²) in [5.41, 5.74) is 1.10. The molecule has 27 heavy (non-hydrogen) atoms. The van der Waals surface area contributed by atoms with Crippen LogP contribution < -0.4 is 20.1 Å². The number of amides is 1. The SMILES string of the molecule is COc1cc(OCc2cccc(F)c2)c(F)cc1CNC(=O)C1CCCN1. The Morgan fingerprint density at radius 3 is 2.81 bits per heavy atom. The first kappa shape index (κ1) is 19.1. The summed E-state index contributed by atoms with van der Waals surface area (Å²) in [5, 5.41) is 5.91. The molecule has 5 nitrogen and oxygen atoms in total. The molecule has 1 amide bonds. The lowest BCUT2D eigenvalue weighted by Crippen LogP contribution is -2.40. The molecular weight excluding hydrogens is 354 g/mol. The Bertz CT molecular complexity index is 808. The Kier molecular flexibility index (Phi) is 6.24. The van der Waals surface area contributed by atoms with Crippen LogP contribution in [0.5, 0.6) is 11.5 Å². The molecule has 1 heterocycles. The highest BCUT2D eigenvalue weighted by Gasteiger charge is 2.22. The van der Waals surface area contributed by atoms with Gasteiger partial charge in [0.1, 0.15) is 18.2 Å². The fraction of sp³-hybridized carbons (Fsp3) is 0.350. The van der Waals surface area contributed by atoms with E-state index < -0.39 is 5.82 Å². The van der Waals surface area contributed by atoms with Crippen molar-refractivity contribution >= 4 is 5.91 Å². The fourth-order valence-electron chi connectivity index (χ4n) is 3.02. The number of ether oxygens (including phenoxy) is 2. The van der Waals surface area contributed by atoms with Crippen molar-refractivity contribution in [2.45, 2.75) is 32.0 Å². The number of carbonyl (C=O) groups is 1. The molecule has 0 spiro atoms. The van der Waals surface area contributed by atoms with Crippen LogP contribution in [0.1, 0.15) is 24.0 Å². The van der Waals surface area contributed by atoms with Gasteiger partial charge in [-0.25, -0.2) is 8.78 Å². The summed E-state index contributed by atoms with van der Waals surface area (Å²) in [5.74, 6) is -0.650. The molecule has 2 aromatic rings. The van der Waals surface area contributed by atoms with Gasteiger partial charge in [-0.3, -0.25) is 4.79 Å². The Balaban J connectivity index is 1.66. The monoisotopic (exact) mass is 376 g/mol. The number of hydrogen-bond donors (Lipinski definition) is 2. The van der Waals surface area contributed by atoms with Gasteiger partial charge in [-0.2, -0.15) is 0 Å². The third-order valence-electron chi connectivity index (χ3n) is 4.45. The van der Waals surface area contributed by atoms with Gasteiger partial charge in [-0.1, -0.05) is 12.1 Å². The van der Waals surface area contributed by atoms with Gasteiger partial charge in [0, 0.05) is 18.2 Å². The summed E-state index contributed by atoms with van der Waals surface area (Å²) >= 11 is 0. The van der Waals surface area contributed by atoms with Gasteiger partial charge in [0.05, 0.1) is 13.2 Å². The van der Waals surface area contributed by atoms with E-state index in [0.29, 0.717) is 16.9 Å². The Labute approximate surface area is 156 Å². The van der Waals surface area contributed by atoms with Crippen LogP contribution >= 0.6 is 0 Å². The van der Waals surface area contributed by atoms with Crippen LogP contribution in [0.3, 0.4) is 0 Å². The molecule has 0 radical (unpaired) electrons. The van der Waals surface area contributed by atoms with E-state index in [4.69, 9.17) is 9.47 Å². The van der Waals surface area contributed by atoms with Gasteiger partial charge in [0.15, 0.2) is 11.6 Å². The number of benzene rings is 2. The van der Waals surface area contributed by atoms with Gasteiger partial charge in [-0.15, -0.1) is 0 Å². The predicted molar refractivity (Wildman–Crippen MR) is 96.6 cm³/mol. The molecule has 0 bridgehead atoms. The molecular formula is C20H22F2N2O3. The highest BCUT2D eigenvalue weighted by molar-refractivity contribution is 5.82. The van der Waals surface area contributed by atoms with Crippen molar-refractivity contribution in [3.05, 3.63) is 59.2 Å². The van der Waals surface area contributed by atoms with E-state index in [0.717, 1.165) is 19.4 Å². The lowest BCUT2D eigenvalue weighted by Gasteiger charge is -2.15. The van der Waals surface area contributed by atoms with Crippen molar-refractivity contribution in [2.75, 3.05) is 13.7 Å². The van der Waals surface area contributed by atoms with Crippen LogP contribution in [-0.2, 0) is 17.9 Å². The van der Waals surface area contributed by atoms with Crippen molar-refractivity contribution in [3.63, 3.8) is 0 Å². The van der Waals surface area contributed by atoms with Gasteiger partial charge in [0.2, 0.25) is 5.91 Å². The number of rotatable bonds is 7. The Hall–Kier alpha value is -2.67. The van der Waals surface area contributed by atoms with Crippen LogP contribution in [-0.4, -0.2) is 25.6 Å². The van der Waals surface area contributed by atoms with E-state index in [1.807, 2.05) is 0 Å². The highest BCUT2D eigenvalue weighted by atomic mass is 19.1. The second kappa shape index (κ2) is 8.81. The molecule has 1 atom stereocenters. The fourth-order valence-corrected chi connectivity index (χ4v) is 3.02. The summed E-state index contributed by atoms with van der Waals surface area (Å²) in [6, 6.07) is 8.43. The van der Waals surface area contributed by atoms with Crippen LogP contribution in [0.4, 0.5) is 8.78 Å². The zero-order valence-electron chi connectivity index (χ0n) is 15.1. The maximum atomic E-state index is 14.4. The molecule has 2 aromatic carbocycles. The first-order valence-corrected chi connectivity index (χ1v) is 8.81. The second-order valence-corrected chi connectivity index (χ2v) is 6.38. The zero-order valence-corrected chi connectivity index (χ0v) is 15.1. The van der Waals surface area contributed by atoms with Crippen LogP contribution in [0, 0.1) is 11.6 Å². The molecule has 1 fully saturated rings. The lowest BCUT2D eigenvalue weighted by atomic mass is 10.1. The van der Waals surface area contributed by atoms with E-state index in [1.165, 1.54) is 31.4 Å². The largest absolute Gasteiger partial charge is 0.496 e. The molecule has 1 aliphatic heterocycles. The van der Waals surface area contributed by atoms with Gasteiger partial charge in [-0.05, 0) is 43.1 Å². The smallest absolute Gasteiger partial charge is 0.237 e. The molecule has 0 saturated carbocycles. The minimum Gasteiger partial charge on any atom is -0.496 e. The standard InChI is InChI=1S/C20H22F2N2O3/c1-26-18-10-19(27-12-13-4-2-5-15(21)8-13)16(22)9-14(18)11-24-20(25)17-6-3-7-23-17/h2,4-5,8-10,17,23H,3,6-7,11-12H2,1H3,(H,24,25). The van der Waals surface area contributed by atoms with Crippen LogP contribution in [0.2, 0.25) is 0 Å². The maximum absolute atomic E-state index is 14.4. The minimum absolute atomic E-state index is 0.00338. The third kappa shape index (κ3) is 4.95. The van der Waals surface area contributed by atoms with Crippen molar-refractivity contribution in [1.82, 2.24) is 10.6 Å². The number of carbonyl (C=O) groups excluding carboxylic acids is 1. The number of halogens is 2. The number of nitrogens with one attached hydrogen (secondary N) is 2. The maximum Gasteiger partial charge on any atom is 0.237 e. The molecule has 1 saturated heterocycles. The van der Waals surface area contributed by atoms with Crippen molar-refractivity contribution < 1.29 is 23.0 Å². The molecule has 1 aliphatic rings. The molecule has 1 unspecified atom stereocenters. The second-order valence-electron chi connectivity index (χ2n) is 6.38. The molecule has 0 aliphatic carbocycles. The zero-order chi connectivity index (χ0) is 19.2. The minimum atomic E-state index is -0.574. The highest BCUT2D eigenvalue weighted by Crippen LogP contribution is 2.29. The Morgan fingerprint density at radius 1 is 1.26 bits per heavy atom. The molecule has 3 rings (SSSR count). The molecule has 144 valence electrons. The topological polar surface area (TPSA) is 59.6 Å². The van der Waals surface area contributed by atoms with E-state index in [9.17, 15) is 13.6 Å². The van der Waals surface area contributed by atoms with Crippen molar-refractivity contribution in [2.24, 2.45) is 0 Å². The summed E-state index contributed by atoms with van der Waals surface area (Å²) < 4.78 is 38.4. The van der Waals surface area contributed by atoms with Gasteiger partial charge >= 0.3 is 0 Å².